The smallest absolute Gasteiger partial charge is 0.182 e. The van der Waals surface area contributed by atoms with E-state index in [0.29, 0.717) is 42.7 Å². The van der Waals surface area contributed by atoms with Crippen LogP contribution in [0.15, 0.2) is 42.6 Å². The third kappa shape index (κ3) is 5.29. The van der Waals surface area contributed by atoms with Gasteiger partial charge in [-0.2, -0.15) is 0 Å². The minimum absolute atomic E-state index is 0.0246. The standard InChI is InChI=1S/C33H39N5O4/c1-33(2,3)25-13-22(14-27(31(25)40-5)37-11-9-36(4)10-12-37)28(39)18-38-17-23-15-29-30(16-24(23)32(38)34)41-19-21-7-6-8-35-26(21)20-42-29/h6-8,13-16,34H,9-12,17-20H2,1-5H3. The van der Waals surface area contributed by atoms with Gasteiger partial charge in [0.2, 0.25) is 0 Å². The molecule has 3 aliphatic heterocycles. The number of anilines is 1. The number of nitrogens with one attached hydrogen (secondary N) is 1. The largest absolute Gasteiger partial charge is 0.494 e. The molecule has 0 atom stereocenters. The topological polar surface area (TPSA) is 91.2 Å². The molecule has 4 heterocycles. The number of likely N-dealkylation sites (N-methyl/N-ethyl adjacent to an activating group) is 1. The Bertz CT molecular complexity index is 1540. The fourth-order valence-electron chi connectivity index (χ4n) is 5.90. The van der Waals surface area contributed by atoms with Crippen molar-refractivity contribution in [2.24, 2.45) is 0 Å². The highest BCUT2D eigenvalue weighted by atomic mass is 16.5. The van der Waals surface area contributed by atoms with Crippen LogP contribution in [0.1, 0.15) is 59.1 Å². The van der Waals surface area contributed by atoms with Crippen LogP contribution in [0.3, 0.4) is 0 Å². The monoisotopic (exact) mass is 569 g/mol. The molecule has 220 valence electrons. The maximum Gasteiger partial charge on any atom is 0.182 e. The Hall–Kier alpha value is -4.11. The van der Waals surface area contributed by atoms with Crippen LogP contribution in [0, 0.1) is 5.41 Å². The van der Waals surface area contributed by atoms with Gasteiger partial charge in [0.25, 0.3) is 0 Å². The Morgan fingerprint density at radius 3 is 2.50 bits per heavy atom. The predicted molar refractivity (Wildman–Crippen MR) is 162 cm³/mol. The molecular weight excluding hydrogens is 530 g/mol. The van der Waals surface area contributed by atoms with Crippen molar-refractivity contribution in [1.29, 1.82) is 5.41 Å². The number of aromatic nitrogens is 1. The first-order chi connectivity index (χ1) is 20.1. The Morgan fingerprint density at radius 2 is 1.76 bits per heavy atom. The number of piperazine rings is 1. The van der Waals surface area contributed by atoms with Gasteiger partial charge in [0.05, 0.1) is 25.0 Å². The van der Waals surface area contributed by atoms with Crippen LogP contribution in [0.4, 0.5) is 5.69 Å². The molecule has 0 amide bonds. The van der Waals surface area contributed by atoms with Crippen molar-refractivity contribution in [2.45, 2.75) is 45.9 Å². The first-order valence-corrected chi connectivity index (χ1v) is 14.5. The molecule has 1 saturated heterocycles. The highest BCUT2D eigenvalue weighted by Gasteiger charge is 2.31. The number of carbonyl (C=O) groups excluding carboxylic acids is 1. The van der Waals surface area contributed by atoms with Crippen molar-refractivity contribution in [3.8, 4) is 17.2 Å². The number of rotatable bonds is 5. The third-order valence-corrected chi connectivity index (χ3v) is 8.42. The number of amidine groups is 1. The molecule has 0 unspecified atom stereocenters. The van der Waals surface area contributed by atoms with Gasteiger partial charge in [-0.15, -0.1) is 0 Å². The van der Waals surface area contributed by atoms with E-state index in [9.17, 15) is 4.79 Å². The Labute approximate surface area is 247 Å². The van der Waals surface area contributed by atoms with Crippen molar-refractivity contribution in [2.75, 3.05) is 51.8 Å². The van der Waals surface area contributed by atoms with Crippen LogP contribution in [0.2, 0.25) is 0 Å². The SMILES string of the molecule is COc1c(N2CCN(C)CC2)cc(C(=O)CN2Cc3cc4c(cc3C2=N)OCc2cccnc2CO4)cc1C(C)(C)C. The van der Waals surface area contributed by atoms with Crippen LogP contribution in [0.5, 0.6) is 17.2 Å². The summed E-state index contributed by atoms with van der Waals surface area (Å²) < 4.78 is 18.1. The van der Waals surface area contributed by atoms with Gasteiger partial charge in [0.15, 0.2) is 17.3 Å². The number of ketones is 1. The third-order valence-electron chi connectivity index (χ3n) is 8.42. The summed E-state index contributed by atoms with van der Waals surface area (Å²) in [6.07, 6.45) is 1.75. The zero-order chi connectivity index (χ0) is 29.6. The summed E-state index contributed by atoms with van der Waals surface area (Å²) in [5.41, 5.74) is 5.94. The molecule has 0 aliphatic carbocycles. The highest BCUT2D eigenvalue weighted by Crippen LogP contribution is 2.41. The summed E-state index contributed by atoms with van der Waals surface area (Å²) in [5, 5.41) is 8.94. The second-order valence-corrected chi connectivity index (χ2v) is 12.4. The number of methoxy groups -OCH3 is 1. The lowest BCUT2D eigenvalue weighted by Gasteiger charge is -2.36. The summed E-state index contributed by atoms with van der Waals surface area (Å²) in [4.78, 5) is 24.8. The van der Waals surface area contributed by atoms with Crippen molar-refractivity contribution in [3.05, 3.63) is 76.1 Å². The summed E-state index contributed by atoms with van der Waals surface area (Å²) in [7, 11) is 3.84. The zero-order valence-electron chi connectivity index (χ0n) is 25.1. The molecular formula is C33H39N5O4. The van der Waals surface area contributed by atoms with Crippen molar-refractivity contribution >= 4 is 17.3 Å². The molecule has 9 nitrogen and oxygen atoms in total. The van der Waals surface area contributed by atoms with Crippen molar-refractivity contribution < 1.29 is 19.0 Å². The van der Waals surface area contributed by atoms with Gasteiger partial charge in [0, 0.05) is 61.2 Å². The van der Waals surface area contributed by atoms with E-state index in [-0.39, 0.29) is 17.7 Å². The maximum absolute atomic E-state index is 13.9. The van der Waals surface area contributed by atoms with E-state index in [4.69, 9.17) is 19.6 Å². The number of ether oxygens (including phenoxy) is 3. The molecule has 6 rings (SSSR count). The summed E-state index contributed by atoms with van der Waals surface area (Å²) in [6, 6.07) is 11.6. The zero-order valence-corrected chi connectivity index (χ0v) is 25.1. The van der Waals surface area contributed by atoms with Crippen LogP contribution in [0.25, 0.3) is 0 Å². The van der Waals surface area contributed by atoms with Crippen LogP contribution in [-0.4, -0.2) is 73.3 Å². The van der Waals surface area contributed by atoms with Crippen LogP contribution >= 0.6 is 0 Å². The number of hydrogen-bond acceptors (Lipinski definition) is 8. The lowest BCUT2D eigenvalue weighted by atomic mass is 9.84. The van der Waals surface area contributed by atoms with Crippen LogP contribution < -0.4 is 19.1 Å². The first kappa shape index (κ1) is 28.0. The molecule has 3 aliphatic rings. The number of hydrogen-bond donors (Lipinski definition) is 1. The van der Waals surface area contributed by atoms with Gasteiger partial charge in [-0.25, -0.2) is 0 Å². The van der Waals surface area contributed by atoms with Gasteiger partial charge in [0.1, 0.15) is 24.8 Å². The number of nitrogens with zero attached hydrogens (tertiary/aromatic N) is 4. The first-order valence-electron chi connectivity index (χ1n) is 14.5. The van der Waals surface area contributed by atoms with Crippen LogP contribution in [-0.2, 0) is 25.2 Å². The average Bonchev–Trinajstić information content (AvgIpc) is 3.26. The number of Topliss-reactive ketones (excluding diaryl/α,β-unsaturated/α-hetero) is 1. The van der Waals surface area contributed by atoms with Gasteiger partial charge >= 0.3 is 0 Å². The Morgan fingerprint density at radius 1 is 1.02 bits per heavy atom. The van der Waals surface area contributed by atoms with Gasteiger partial charge in [-0.3, -0.25) is 15.2 Å². The van der Waals surface area contributed by atoms with Gasteiger partial charge < -0.3 is 28.9 Å². The molecule has 0 spiro atoms. The van der Waals surface area contributed by atoms with Gasteiger partial charge in [-0.1, -0.05) is 26.8 Å². The van der Waals surface area contributed by atoms with Crippen molar-refractivity contribution in [3.63, 3.8) is 0 Å². The minimum Gasteiger partial charge on any atom is -0.494 e. The highest BCUT2D eigenvalue weighted by molar-refractivity contribution is 6.06. The Balaban J connectivity index is 1.25. The number of carbonyl (C=O) groups is 1. The summed E-state index contributed by atoms with van der Waals surface area (Å²) >= 11 is 0. The summed E-state index contributed by atoms with van der Waals surface area (Å²) in [6.45, 7) is 11.4. The van der Waals surface area contributed by atoms with E-state index in [1.54, 1.807) is 13.3 Å². The molecule has 0 radical (unpaired) electrons. The summed E-state index contributed by atoms with van der Waals surface area (Å²) in [5.74, 6) is 2.36. The normalized spacial score (nSPS) is 16.9. The molecule has 0 saturated carbocycles. The van der Waals surface area contributed by atoms with E-state index < -0.39 is 0 Å². The molecule has 0 bridgehead atoms. The van der Waals surface area contributed by atoms with E-state index in [1.165, 1.54) is 0 Å². The van der Waals surface area contributed by atoms with E-state index >= 15 is 0 Å². The lowest BCUT2D eigenvalue weighted by Crippen LogP contribution is -2.44. The van der Waals surface area contributed by atoms with Gasteiger partial charge in [-0.05, 0) is 48.4 Å². The van der Waals surface area contributed by atoms with E-state index in [0.717, 1.165) is 65.6 Å². The molecule has 9 heteroatoms. The number of pyridine rings is 1. The molecule has 3 aromatic rings. The fourth-order valence-corrected chi connectivity index (χ4v) is 5.90. The predicted octanol–water partition coefficient (Wildman–Crippen LogP) is 4.63. The quantitative estimate of drug-likeness (QED) is 0.445. The second kappa shape index (κ2) is 10.9. The molecule has 42 heavy (non-hydrogen) atoms. The average molecular weight is 570 g/mol. The Kier molecular flexibility index (Phi) is 7.30. The molecule has 1 fully saturated rings. The number of fused-ring (bicyclic) bond motifs is 3. The van der Waals surface area contributed by atoms with E-state index in [1.807, 2.05) is 41.3 Å². The van der Waals surface area contributed by atoms with Crippen molar-refractivity contribution in [1.82, 2.24) is 14.8 Å². The lowest BCUT2D eigenvalue weighted by molar-refractivity contribution is 0.0962. The molecule has 2 aromatic carbocycles. The fraction of sp³-hybridized carbons (Fsp3) is 0.424. The maximum atomic E-state index is 13.9. The second-order valence-electron chi connectivity index (χ2n) is 12.4. The molecule has 1 N–H and O–H groups in total. The minimum atomic E-state index is -0.217. The number of benzene rings is 2. The molecule has 1 aromatic heterocycles. The van der Waals surface area contributed by atoms with E-state index in [2.05, 4.69) is 42.6 Å².